The molecule has 0 bridgehead atoms. The van der Waals surface area contributed by atoms with Gasteiger partial charge in [-0.25, -0.2) is 13.6 Å². The second-order valence-electron chi connectivity index (χ2n) is 7.82. The number of rotatable bonds is 6. The molecule has 0 aliphatic carbocycles. The summed E-state index contributed by atoms with van der Waals surface area (Å²) in [5, 5.41) is 0. The van der Waals surface area contributed by atoms with Crippen LogP contribution in [-0.2, 0) is 21.4 Å². The first-order valence-electron chi connectivity index (χ1n) is 11.6. The Morgan fingerprint density at radius 3 is 1.57 bits per heavy atom. The second kappa shape index (κ2) is 18.7. The molecule has 0 amide bonds. The summed E-state index contributed by atoms with van der Waals surface area (Å²) >= 11 is 9.13. The molecule has 44 heavy (non-hydrogen) atoms. The molecule has 0 aliphatic heterocycles. The van der Waals surface area contributed by atoms with E-state index in [9.17, 15) is 35.9 Å². The van der Waals surface area contributed by atoms with Crippen molar-refractivity contribution in [1.82, 2.24) is 9.97 Å². The van der Waals surface area contributed by atoms with Gasteiger partial charge >= 0.3 is 17.8 Å². The van der Waals surface area contributed by atoms with Crippen molar-refractivity contribution in [3.05, 3.63) is 127 Å². The number of carbonyl (C=O) groups excluding carboxylic acids is 2. The lowest BCUT2D eigenvalue weighted by Crippen LogP contribution is -2.29. The Balaban J connectivity index is 0.000000662. The van der Waals surface area contributed by atoms with Gasteiger partial charge < -0.3 is 4.74 Å². The predicted octanol–water partition coefficient (Wildman–Crippen LogP) is 9.30. The summed E-state index contributed by atoms with van der Waals surface area (Å²) in [4.78, 5) is 29.6. The minimum atomic E-state index is -3.87. The number of Topliss-reactive ketones (excluding diaryl/α,β-unsaturated/α-hetero) is 1. The molecular weight excluding hydrogens is 789 g/mol. The molecule has 4 rings (SSSR count). The maximum atomic E-state index is 14.0. The third-order valence-corrected chi connectivity index (χ3v) is 6.44. The average molecular weight is 812 g/mol. The van der Waals surface area contributed by atoms with Crippen molar-refractivity contribution in [2.75, 3.05) is 6.61 Å². The number of aromatic nitrogens is 2. The van der Waals surface area contributed by atoms with Gasteiger partial charge in [-0.3, -0.25) is 14.8 Å². The van der Waals surface area contributed by atoms with E-state index in [2.05, 4.69) is 62.5 Å². The molecule has 0 unspecified atom stereocenters. The first-order chi connectivity index (χ1) is 19.7. The van der Waals surface area contributed by atoms with E-state index in [1.165, 1.54) is 43.5 Å². The number of ketones is 1. The summed E-state index contributed by atoms with van der Waals surface area (Å²) < 4.78 is 86.0. The molecule has 2 aromatic carbocycles. The molecular formula is C29H23BBr3F6N2O3. The topological polar surface area (TPSA) is 69.2 Å². The zero-order chi connectivity index (χ0) is 31.5. The monoisotopic (exact) mass is 809 g/mol. The number of hydrogen-bond donors (Lipinski definition) is 0. The minimum Gasteiger partial charge on any atom is -0.461 e. The standard InChI is InChI=1S/C13H7BrF3NO.C9H8BrF2NO2.C6H4BrF.CH4.B/c14-8-5-6-11(18-7-8)13(16,17)12(19)9-3-1-2-4-10(9)15;1-2-15-8(14)9(11,12)7-4-3-6(10)5-13-7;7-5-3-1-2-4-6(5)8;;/h1-7H;3-5H,2H2,1H3;1-4H;1H4;. The minimum absolute atomic E-state index is 0. The van der Waals surface area contributed by atoms with Crippen LogP contribution >= 0.6 is 47.8 Å². The van der Waals surface area contributed by atoms with E-state index in [1.54, 1.807) is 18.2 Å². The van der Waals surface area contributed by atoms with Crippen LogP contribution in [0.5, 0.6) is 0 Å². The Morgan fingerprint density at radius 1 is 0.727 bits per heavy atom. The summed E-state index contributed by atoms with van der Waals surface area (Å²) in [6.45, 7) is 1.37. The number of pyridine rings is 2. The molecule has 4 aromatic rings. The molecule has 0 aliphatic rings. The Labute approximate surface area is 277 Å². The molecule has 0 N–H and O–H groups in total. The largest absolute Gasteiger partial charge is 0.461 e. The molecule has 2 aromatic heterocycles. The normalized spacial score (nSPS) is 10.4. The Morgan fingerprint density at radius 2 is 1.18 bits per heavy atom. The lowest BCUT2D eigenvalue weighted by molar-refractivity contribution is -0.173. The van der Waals surface area contributed by atoms with Crippen molar-refractivity contribution < 1.29 is 40.7 Å². The van der Waals surface area contributed by atoms with Gasteiger partial charge in [0.05, 0.1) is 16.6 Å². The number of alkyl halides is 4. The first kappa shape index (κ1) is 41.0. The van der Waals surface area contributed by atoms with Crippen molar-refractivity contribution in [1.29, 1.82) is 0 Å². The van der Waals surface area contributed by atoms with Gasteiger partial charge in [0.2, 0.25) is 5.78 Å². The lowest BCUT2D eigenvalue weighted by Gasteiger charge is -2.14. The van der Waals surface area contributed by atoms with Gasteiger partial charge in [0.1, 0.15) is 23.0 Å². The SMILES string of the molecule is C.CCOC(=O)C(F)(F)c1ccc(Br)cn1.Fc1ccccc1Br.O=C(c1ccccc1F)C(F)(F)c1ccc(Br)cn1.[B]. The fourth-order valence-electron chi connectivity index (χ4n) is 2.82. The summed E-state index contributed by atoms with van der Waals surface area (Å²) in [7, 11) is 0. The lowest BCUT2D eigenvalue weighted by atomic mass is 10.0. The summed E-state index contributed by atoms with van der Waals surface area (Å²) in [6.07, 6.45) is 2.35. The summed E-state index contributed by atoms with van der Waals surface area (Å²) in [5.41, 5.74) is -2.00. The van der Waals surface area contributed by atoms with Crippen LogP contribution in [0.3, 0.4) is 0 Å². The van der Waals surface area contributed by atoms with E-state index in [4.69, 9.17) is 0 Å². The number of hydrogen-bond acceptors (Lipinski definition) is 5. The van der Waals surface area contributed by atoms with Crippen LogP contribution in [0.4, 0.5) is 26.3 Å². The van der Waals surface area contributed by atoms with E-state index >= 15 is 0 Å². The predicted molar refractivity (Wildman–Crippen MR) is 166 cm³/mol. The highest BCUT2D eigenvalue weighted by Crippen LogP contribution is 2.32. The Hall–Kier alpha value is -3.04. The van der Waals surface area contributed by atoms with Gasteiger partial charge in [0.25, 0.3) is 0 Å². The van der Waals surface area contributed by atoms with Crippen LogP contribution in [0.1, 0.15) is 36.1 Å². The van der Waals surface area contributed by atoms with Gasteiger partial charge in [0, 0.05) is 29.8 Å². The zero-order valence-corrected chi connectivity index (χ0v) is 26.6. The van der Waals surface area contributed by atoms with E-state index in [1.807, 2.05) is 0 Å². The number of benzene rings is 2. The molecule has 15 heteroatoms. The number of esters is 1. The van der Waals surface area contributed by atoms with Crippen LogP contribution in [-0.4, -0.2) is 36.7 Å². The van der Waals surface area contributed by atoms with E-state index in [0.717, 1.165) is 30.5 Å². The van der Waals surface area contributed by atoms with Crippen LogP contribution < -0.4 is 0 Å². The molecule has 2 heterocycles. The van der Waals surface area contributed by atoms with Crippen molar-refractivity contribution in [3.63, 3.8) is 0 Å². The van der Waals surface area contributed by atoms with Gasteiger partial charge in [0.15, 0.2) is 0 Å². The molecule has 0 fully saturated rings. The third-order valence-electron chi connectivity index (χ3n) is 4.86. The van der Waals surface area contributed by atoms with Crippen LogP contribution in [0.2, 0.25) is 0 Å². The quantitative estimate of drug-likeness (QED) is 0.0841. The van der Waals surface area contributed by atoms with Crippen molar-refractivity contribution in [3.8, 4) is 0 Å². The first-order valence-corrected chi connectivity index (χ1v) is 14.0. The van der Waals surface area contributed by atoms with Gasteiger partial charge in [-0.05, 0) is 103 Å². The number of nitrogens with zero attached hydrogens (tertiary/aromatic N) is 2. The summed E-state index contributed by atoms with van der Waals surface area (Å²) in [5.74, 6) is -12.0. The van der Waals surface area contributed by atoms with Gasteiger partial charge in [-0.15, -0.1) is 0 Å². The number of ether oxygens (including phenoxy) is 1. The molecule has 3 radical (unpaired) electrons. The third kappa shape index (κ3) is 11.5. The fraction of sp³-hybridized carbons (Fsp3) is 0.172. The fourth-order valence-corrected chi connectivity index (χ4v) is 3.57. The molecule has 233 valence electrons. The smallest absolute Gasteiger partial charge is 0.384 e. The van der Waals surface area contributed by atoms with Gasteiger partial charge in [-0.2, -0.15) is 17.6 Å². The van der Waals surface area contributed by atoms with Gasteiger partial charge in [-0.1, -0.05) is 31.7 Å². The van der Waals surface area contributed by atoms with Crippen molar-refractivity contribution in [2.45, 2.75) is 26.2 Å². The number of carbonyl (C=O) groups is 2. The highest BCUT2D eigenvalue weighted by atomic mass is 79.9. The molecule has 5 nitrogen and oxygen atoms in total. The van der Waals surface area contributed by atoms with E-state index in [-0.39, 0.29) is 28.3 Å². The highest BCUT2D eigenvalue weighted by Gasteiger charge is 2.44. The molecule has 0 spiro atoms. The highest BCUT2D eigenvalue weighted by molar-refractivity contribution is 9.11. The Bertz CT molecular complexity index is 1480. The Kier molecular flexibility index (Phi) is 17.4. The zero-order valence-electron chi connectivity index (χ0n) is 21.9. The second-order valence-corrected chi connectivity index (χ2v) is 10.5. The maximum absolute atomic E-state index is 14.0. The van der Waals surface area contributed by atoms with E-state index < -0.39 is 46.4 Å². The average Bonchev–Trinajstić information content (AvgIpc) is 2.96. The van der Waals surface area contributed by atoms with Crippen LogP contribution in [0.15, 0.2) is 98.6 Å². The molecule has 0 atom stereocenters. The van der Waals surface area contributed by atoms with E-state index in [0.29, 0.717) is 13.4 Å². The summed E-state index contributed by atoms with van der Waals surface area (Å²) in [6, 6.07) is 15.9. The van der Waals surface area contributed by atoms with Crippen LogP contribution in [0, 0.1) is 11.6 Å². The van der Waals surface area contributed by atoms with Crippen molar-refractivity contribution in [2.24, 2.45) is 0 Å². The molecule has 0 saturated carbocycles. The maximum Gasteiger partial charge on any atom is 0.384 e. The van der Waals surface area contributed by atoms with Crippen molar-refractivity contribution >= 4 is 68.0 Å². The molecule has 0 saturated heterocycles. The van der Waals surface area contributed by atoms with Crippen LogP contribution in [0.25, 0.3) is 0 Å². The number of halogens is 9.